The largest absolute Gasteiger partial charge is 0.370 e. The molecule has 0 saturated carbocycles. The summed E-state index contributed by atoms with van der Waals surface area (Å²) in [4.78, 5) is 12.0. The summed E-state index contributed by atoms with van der Waals surface area (Å²) in [6.45, 7) is 0.935. The van der Waals surface area contributed by atoms with Crippen LogP contribution in [0.15, 0.2) is 6.07 Å². The molecule has 1 aromatic rings. The average Bonchev–Trinajstić information content (AvgIpc) is 2.77. The van der Waals surface area contributed by atoms with Gasteiger partial charge in [-0.2, -0.15) is 0 Å². The summed E-state index contributed by atoms with van der Waals surface area (Å²) in [5, 5.41) is 3.52. The number of carbonyl (C=O) groups is 1. The molecule has 1 aliphatic carbocycles. The molecule has 1 amide bonds. The van der Waals surface area contributed by atoms with Crippen LogP contribution < -0.4 is 11.1 Å². The molecule has 0 bridgehead atoms. The van der Waals surface area contributed by atoms with E-state index < -0.39 is 0 Å². The number of thiophene rings is 1. The van der Waals surface area contributed by atoms with Crippen LogP contribution in [0.2, 0.25) is 4.34 Å². The molecular weight excluding hydrogens is 256 g/mol. The van der Waals surface area contributed by atoms with Gasteiger partial charge in [0, 0.05) is 17.3 Å². The van der Waals surface area contributed by atoms with E-state index in [2.05, 4.69) is 11.4 Å². The standard InChI is InChI=1S/C12H17ClN2OS/c13-11-7-8-9(4-5-10(8)17-11)15-6-2-1-3-12(14)16/h7,9,15H,1-6H2,(H2,14,16). The fraction of sp³-hybridized carbons (Fsp3) is 0.583. The molecule has 0 aliphatic heterocycles. The number of nitrogens with two attached hydrogens (primary N) is 1. The SMILES string of the molecule is NC(=O)CCCCNC1CCc2sc(Cl)cc21. The maximum atomic E-state index is 10.6. The highest BCUT2D eigenvalue weighted by Gasteiger charge is 2.24. The predicted molar refractivity (Wildman–Crippen MR) is 71.4 cm³/mol. The topological polar surface area (TPSA) is 55.1 Å². The number of carbonyl (C=O) groups excluding carboxylic acids is 1. The molecule has 0 fully saturated rings. The van der Waals surface area contributed by atoms with E-state index in [1.807, 2.05) is 0 Å². The molecule has 0 aromatic carbocycles. The summed E-state index contributed by atoms with van der Waals surface area (Å²) >= 11 is 7.69. The van der Waals surface area contributed by atoms with Gasteiger partial charge in [-0.1, -0.05) is 11.6 Å². The fourth-order valence-electron chi connectivity index (χ4n) is 2.24. The highest BCUT2D eigenvalue weighted by Crippen LogP contribution is 2.39. The molecule has 3 N–H and O–H groups in total. The lowest BCUT2D eigenvalue weighted by Gasteiger charge is -2.12. The maximum Gasteiger partial charge on any atom is 0.217 e. The van der Waals surface area contributed by atoms with Crippen LogP contribution >= 0.6 is 22.9 Å². The Bertz CT molecular complexity index is 405. The molecule has 1 aromatic heterocycles. The van der Waals surface area contributed by atoms with Crippen LogP contribution in [-0.2, 0) is 11.2 Å². The van der Waals surface area contributed by atoms with Crippen molar-refractivity contribution >= 4 is 28.8 Å². The number of hydrogen-bond donors (Lipinski definition) is 2. The predicted octanol–water partition coefficient (Wildman–Crippen LogP) is 2.63. The van der Waals surface area contributed by atoms with Gasteiger partial charge in [-0.15, -0.1) is 11.3 Å². The van der Waals surface area contributed by atoms with Gasteiger partial charge in [0.2, 0.25) is 5.91 Å². The number of halogens is 1. The van der Waals surface area contributed by atoms with E-state index in [1.54, 1.807) is 11.3 Å². The number of primary amides is 1. The van der Waals surface area contributed by atoms with E-state index in [4.69, 9.17) is 17.3 Å². The normalized spacial score (nSPS) is 18.3. The van der Waals surface area contributed by atoms with Gasteiger partial charge in [0.1, 0.15) is 0 Å². The van der Waals surface area contributed by atoms with Gasteiger partial charge < -0.3 is 11.1 Å². The van der Waals surface area contributed by atoms with Crippen molar-refractivity contribution in [2.45, 2.75) is 38.1 Å². The molecule has 5 heteroatoms. The van der Waals surface area contributed by atoms with E-state index in [0.29, 0.717) is 12.5 Å². The summed E-state index contributed by atoms with van der Waals surface area (Å²) < 4.78 is 0.884. The molecular formula is C12H17ClN2OS. The van der Waals surface area contributed by atoms with Crippen molar-refractivity contribution < 1.29 is 4.79 Å². The molecule has 0 spiro atoms. The van der Waals surface area contributed by atoms with E-state index in [9.17, 15) is 4.79 Å². The second-order valence-corrected chi connectivity index (χ2v) is 6.17. The minimum atomic E-state index is -0.210. The highest BCUT2D eigenvalue weighted by atomic mass is 35.5. The Balaban J connectivity index is 1.72. The quantitative estimate of drug-likeness (QED) is 0.782. The molecule has 1 atom stereocenters. The van der Waals surface area contributed by atoms with Gasteiger partial charge in [0.15, 0.2) is 0 Å². The van der Waals surface area contributed by atoms with Crippen LogP contribution in [0, 0.1) is 0 Å². The molecule has 2 rings (SSSR count). The Hall–Kier alpha value is -0.580. The van der Waals surface area contributed by atoms with Crippen molar-refractivity contribution in [1.29, 1.82) is 0 Å². The Kier molecular flexibility index (Phi) is 4.42. The Morgan fingerprint density at radius 1 is 1.59 bits per heavy atom. The molecule has 1 unspecified atom stereocenters. The summed E-state index contributed by atoms with van der Waals surface area (Å²) in [5.74, 6) is -0.210. The van der Waals surface area contributed by atoms with E-state index in [0.717, 1.165) is 36.6 Å². The van der Waals surface area contributed by atoms with Crippen LogP contribution in [0.1, 0.15) is 42.2 Å². The Morgan fingerprint density at radius 3 is 3.18 bits per heavy atom. The number of rotatable bonds is 6. The molecule has 17 heavy (non-hydrogen) atoms. The zero-order valence-electron chi connectivity index (χ0n) is 9.67. The zero-order chi connectivity index (χ0) is 12.3. The van der Waals surface area contributed by atoms with E-state index in [-0.39, 0.29) is 5.91 Å². The van der Waals surface area contributed by atoms with Crippen LogP contribution in [0.3, 0.4) is 0 Å². The monoisotopic (exact) mass is 272 g/mol. The lowest BCUT2D eigenvalue weighted by Crippen LogP contribution is -2.20. The van der Waals surface area contributed by atoms with Crippen molar-refractivity contribution in [2.24, 2.45) is 5.73 Å². The lowest BCUT2D eigenvalue weighted by molar-refractivity contribution is -0.118. The van der Waals surface area contributed by atoms with Crippen LogP contribution in [0.25, 0.3) is 0 Å². The molecule has 1 aliphatic rings. The first-order valence-corrected chi connectivity index (χ1v) is 7.16. The van der Waals surface area contributed by atoms with Crippen molar-refractivity contribution in [1.82, 2.24) is 5.32 Å². The lowest BCUT2D eigenvalue weighted by atomic mass is 10.1. The van der Waals surface area contributed by atoms with Crippen molar-refractivity contribution in [2.75, 3.05) is 6.54 Å². The Labute approximate surface area is 110 Å². The molecule has 0 saturated heterocycles. The third-order valence-corrected chi connectivity index (χ3v) is 4.43. The number of fused-ring (bicyclic) bond motifs is 1. The van der Waals surface area contributed by atoms with Crippen LogP contribution in [-0.4, -0.2) is 12.5 Å². The van der Waals surface area contributed by atoms with Gasteiger partial charge >= 0.3 is 0 Å². The maximum absolute atomic E-state index is 10.6. The first-order valence-electron chi connectivity index (χ1n) is 5.96. The number of unbranched alkanes of at least 4 members (excludes halogenated alkanes) is 1. The highest BCUT2D eigenvalue weighted by molar-refractivity contribution is 7.16. The first-order chi connectivity index (χ1) is 8.16. The minimum Gasteiger partial charge on any atom is -0.370 e. The van der Waals surface area contributed by atoms with Gasteiger partial charge in [-0.05, 0) is 43.9 Å². The second kappa shape index (κ2) is 5.85. The van der Waals surface area contributed by atoms with Gasteiger partial charge in [-0.25, -0.2) is 0 Å². The fourth-order valence-corrected chi connectivity index (χ4v) is 3.60. The van der Waals surface area contributed by atoms with Crippen molar-refractivity contribution in [3.8, 4) is 0 Å². The van der Waals surface area contributed by atoms with Gasteiger partial charge in [0.05, 0.1) is 4.34 Å². The summed E-state index contributed by atoms with van der Waals surface area (Å²) in [7, 11) is 0. The zero-order valence-corrected chi connectivity index (χ0v) is 11.2. The van der Waals surface area contributed by atoms with Gasteiger partial charge in [0.25, 0.3) is 0 Å². The molecule has 3 nitrogen and oxygen atoms in total. The second-order valence-electron chi connectivity index (χ2n) is 4.40. The number of aryl methyl sites for hydroxylation is 1. The van der Waals surface area contributed by atoms with Crippen molar-refractivity contribution in [3.05, 3.63) is 20.8 Å². The number of nitrogens with one attached hydrogen (secondary N) is 1. The minimum absolute atomic E-state index is 0.210. The molecule has 1 heterocycles. The van der Waals surface area contributed by atoms with E-state index in [1.165, 1.54) is 10.4 Å². The van der Waals surface area contributed by atoms with Crippen LogP contribution in [0.5, 0.6) is 0 Å². The van der Waals surface area contributed by atoms with Gasteiger partial charge in [-0.3, -0.25) is 4.79 Å². The van der Waals surface area contributed by atoms with Crippen LogP contribution in [0.4, 0.5) is 0 Å². The average molecular weight is 273 g/mol. The number of hydrogen-bond acceptors (Lipinski definition) is 3. The molecule has 94 valence electrons. The van der Waals surface area contributed by atoms with Crippen molar-refractivity contribution in [3.63, 3.8) is 0 Å². The van der Waals surface area contributed by atoms with E-state index >= 15 is 0 Å². The third kappa shape index (κ3) is 3.44. The summed E-state index contributed by atoms with van der Waals surface area (Å²) in [6, 6.07) is 2.53. The first kappa shape index (κ1) is 12.9. The summed E-state index contributed by atoms with van der Waals surface area (Å²) in [5.41, 5.74) is 6.46. The number of amides is 1. The molecule has 0 radical (unpaired) electrons. The smallest absolute Gasteiger partial charge is 0.217 e. The third-order valence-electron chi connectivity index (χ3n) is 3.09. The Morgan fingerprint density at radius 2 is 2.41 bits per heavy atom. The summed E-state index contributed by atoms with van der Waals surface area (Å²) in [6.07, 6.45) is 4.64.